The van der Waals surface area contributed by atoms with E-state index in [1.54, 1.807) is 12.4 Å². The van der Waals surface area contributed by atoms with E-state index in [9.17, 15) is 0 Å². The zero-order valence-corrected chi connectivity index (χ0v) is 11.4. The minimum absolute atomic E-state index is 0.624. The molecule has 4 nitrogen and oxygen atoms in total. The number of aromatic nitrogens is 3. The molecule has 90 valence electrons. The van der Waals surface area contributed by atoms with Gasteiger partial charge < -0.3 is 5.32 Å². The van der Waals surface area contributed by atoms with Crippen molar-refractivity contribution in [1.29, 1.82) is 0 Å². The van der Waals surface area contributed by atoms with E-state index in [-0.39, 0.29) is 0 Å². The lowest BCUT2D eigenvalue weighted by Crippen LogP contribution is -2.08. The minimum Gasteiger partial charge on any atom is -0.369 e. The Kier molecular flexibility index (Phi) is 4.39. The molecule has 0 unspecified atom stereocenters. The number of aryl methyl sites for hydroxylation is 1. The van der Waals surface area contributed by atoms with Crippen molar-refractivity contribution in [2.45, 2.75) is 13.0 Å². The fourth-order valence-corrected chi connectivity index (χ4v) is 2.12. The van der Waals surface area contributed by atoms with Crippen LogP contribution < -0.4 is 5.32 Å². The molecule has 0 bridgehead atoms. The SMILES string of the molecule is Clc1cc(Br)cnc1NCCCn1cccn1. The summed E-state index contributed by atoms with van der Waals surface area (Å²) in [5, 5.41) is 7.95. The second-order valence-corrected chi connectivity index (χ2v) is 4.86. The van der Waals surface area contributed by atoms with E-state index < -0.39 is 0 Å². The van der Waals surface area contributed by atoms with Crippen molar-refractivity contribution in [2.24, 2.45) is 0 Å². The average Bonchev–Trinajstić information content (AvgIpc) is 2.79. The highest BCUT2D eigenvalue weighted by Gasteiger charge is 2.01. The highest BCUT2D eigenvalue weighted by Crippen LogP contribution is 2.22. The van der Waals surface area contributed by atoms with Crippen molar-refractivity contribution in [1.82, 2.24) is 14.8 Å². The molecule has 0 spiro atoms. The van der Waals surface area contributed by atoms with Gasteiger partial charge in [-0.1, -0.05) is 11.6 Å². The van der Waals surface area contributed by atoms with Crippen LogP contribution in [-0.4, -0.2) is 21.3 Å². The van der Waals surface area contributed by atoms with Crippen molar-refractivity contribution in [3.05, 3.63) is 40.2 Å². The van der Waals surface area contributed by atoms with E-state index in [2.05, 4.69) is 31.3 Å². The third-order valence-electron chi connectivity index (χ3n) is 2.22. The smallest absolute Gasteiger partial charge is 0.144 e. The topological polar surface area (TPSA) is 42.7 Å². The molecule has 0 atom stereocenters. The van der Waals surface area contributed by atoms with Crippen LogP contribution in [0.25, 0.3) is 0 Å². The van der Waals surface area contributed by atoms with Crippen LogP contribution in [-0.2, 0) is 6.54 Å². The lowest BCUT2D eigenvalue weighted by Gasteiger charge is -2.07. The van der Waals surface area contributed by atoms with E-state index in [0.29, 0.717) is 5.02 Å². The number of anilines is 1. The monoisotopic (exact) mass is 314 g/mol. The van der Waals surface area contributed by atoms with Gasteiger partial charge in [0.05, 0.1) is 5.02 Å². The molecule has 0 aromatic carbocycles. The van der Waals surface area contributed by atoms with Gasteiger partial charge in [-0.3, -0.25) is 4.68 Å². The summed E-state index contributed by atoms with van der Waals surface area (Å²) in [4.78, 5) is 4.20. The summed E-state index contributed by atoms with van der Waals surface area (Å²) in [6.07, 6.45) is 6.42. The first-order valence-corrected chi connectivity index (χ1v) is 6.45. The van der Waals surface area contributed by atoms with Crippen molar-refractivity contribution in [3.63, 3.8) is 0 Å². The van der Waals surface area contributed by atoms with Gasteiger partial charge in [-0.05, 0) is 34.5 Å². The number of hydrogen-bond donors (Lipinski definition) is 1. The summed E-state index contributed by atoms with van der Waals surface area (Å²) >= 11 is 9.35. The van der Waals surface area contributed by atoms with Crippen molar-refractivity contribution < 1.29 is 0 Å². The molecule has 2 heterocycles. The van der Waals surface area contributed by atoms with Crippen molar-refractivity contribution in [3.8, 4) is 0 Å². The van der Waals surface area contributed by atoms with Gasteiger partial charge in [-0.15, -0.1) is 0 Å². The zero-order valence-electron chi connectivity index (χ0n) is 9.11. The summed E-state index contributed by atoms with van der Waals surface area (Å²) in [5.74, 6) is 0.718. The molecule has 1 N–H and O–H groups in total. The highest BCUT2D eigenvalue weighted by molar-refractivity contribution is 9.10. The molecular weight excluding hydrogens is 304 g/mol. The lowest BCUT2D eigenvalue weighted by molar-refractivity contribution is 0.591. The van der Waals surface area contributed by atoms with Crippen molar-refractivity contribution in [2.75, 3.05) is 11.9 Å². The van der Waals surface area contributed by atoms with Gasteiger partial charge in [0.1, 0.15) is 5.82 Å². The first kappa shape index (κ1) is 12.4. The minimum atomic E-state index is 0.624. The zero-order chi connectivity index (χ0) is 12.1. The number of pyridine rings is 1. The Labute approximate surface area is 113 Å². The maximum Gasteiger partial charge on any atom is 0.144 e. The Balaban J connectivity index is 1.78. The van der Waals surface area contributed by atoms with Gasteiger partial charge in [0, 0.05) is 36.2 Å². The number of halogens is 2. The van der Waals surface area contributed by atoms with E-state index in [1.807, 2.05) is 23.0 Å². The summed E-state index contributed by atoms with van der Waals surface area (Å²) in [6, 6.07) is 3.74. The lowest BCUT2D eigenvalue weighted by atomic mass is 10.4. The van der Waals surface area contributed by atoms with Gasteiger partial charge in [0.2, 0.25) is 0 Å². The standard InChI is InChI=1S/C11H12BrClN4/c12-9-7-10(13)11(15-8-9)14-3-1-5-17-6-2-4-16-17/h2,4,6-8H,1,3,5H2,(H,14,15). The molecule has 0 amide bonds. The molecule has 0 saturated carbocycles. The predicted octanol–water partition coefficient (Wildman–Crippen LogP) is 3.20. The van der Waals surface area contributed by atoms with Gasteiger partial charge in [-0.25, -0.2) is 4.98 Å². The van der Waals surface area contributed by atoms with Crippen LogP contribution in [0.15, 0.2) is 35.2 Å². The molecule has 0 radical (unpaired) electrons. The molecule has 0 aliphatic carbocycles. The summed E-state index contributed by atoms with van der Waals surface area (Å²) in [7, 11) is 0. The van der Waals surface area contributed by atoms with Crippen LogP contribution in [0.2, 0.25) is 5.02 Å². The third kappa shape index (κ3) is 3.71. The first-order chi connectivity index (χ1) is 8.25. The first-order valence-electron chi connectivity index (χ1n) is 5.28. The van der Waals surface area contributed by atoms with Gasteiger partial charge in [-0.2, -0.15) is 5.10 Å². The van der Waals surface area contributed by atoms with E-state index in [4.69, 9.17) is 11.6 Å². The van der Waals surface area contributed by atoms with Gasteiger partial charge >= 0.3 is 0 Å². The molecule has 6 heteroatoms. The maximum absolute atomic E-state index is 6.04. The van der Waals surface area contributed by atoms with E-state index >= 15 is 0 Å². The van der Waals surface area contributed by atoms with E-state index in [1.165, 1.54) is 0 Å². The van der Waals surface area contributed by atoms with Gasteiger partial charge in [0.15, 0.2) is 0 Å². The van der Waals surface area contributed by atoms with Crippen LogP contribution in [0.3, 0.4) is 0 Å². The van der Waals surface area contributed by atoms with Crippen LogP contribution >= 0.6 is 27.5 Å². The third-order valence-corrected chi connectivity index (χ3v) is 2.95. The van der Waals surface area contributed by atoms with Crippen LogP contribution in [0.4, 0.5) is 5.82 Å². The highest BCUT2D eigenvalue weighted by atomic mass is 79.9. The number of rotatable bonds is 5. The number of hydrogen-bond acceptors (Lipinski definition) is 3. The predicted molar refractivity (Wildman–Crippen MR) is 72.3 cm³/mol. The van der Waals surface area contributed by atoms with Gasteiger partial charge in [0.25, 0.3) is 0 Å². The quantitative estimate of drug-likeness (QED) is 0.862. The molecule has 2 aromatic rings. The fourth-order valence-electron chi connectivity index (χ4n) is 1.43. The molecule has 2 aromatic heterocycles. The Morgan fingerprint density at radius 3 is 3.06 bits per heavy atom. The molecule has 17 heavy (non-hydrogen) atoms. The summed E-state index contributed by atoms with van der Waals surface area (Å²) in [6.45, 7) is 1.70. The van der Waals surface area contributed by atoms with Crippen molar-refractivity contribution >= 4 is 33.3 Å². The number of nitrogens with zero attached hydrogens (tertiary/aromatic N) is 3. The van der Waals surface area contributed by atoms with E-state index in [0.717, 1.165) is 29.8 Å². The normalized spacial score (nSPS) is 10.5. The second-order valence-electron chi connectivity index (χ2n) is 3.53. The molecule has 0 fully saturated rings. The molecule has 0 aliphatic heterocycles. The summed E-state index contributed by atoms with van der Waals surface area (Å²) < 4.78 is 2.78. The fraction of sp³-hybridized carbons (Fsp3) is 0.273. The molecule has 2 rings (SSSR count). The Bertz CT molecular complexity index is 472. The Morgan fingerprint density at radius 1 is 1.47 bits per heavy atom. The van der Waals surface area contributed by atoms with Crippen LogP contribution in [0, 0.1) is 0 Å². The average molecular weight is 316 g/mol. The Hall–Kier alpha value is -1.07. The second kappa shape index (κ2) is 6.02. The molecule has 0 aliphatic rings. The number of nitrogens with one attached hydrogen (secondary N) is 1. The molecule has 0 saturated heterocycles. The van der Waals surface area contributed by atoms with Crippen LogP contribution in [0.1, 0.15) is 6.42 Å². The van der Waals surface area contributed by atoms with Crippen LogP contribution in [0.5, 0.6) is 0 Å². The largest absolute Gasteiger partial charge is 0.369 e. The Morgan fingerprint density at radius 2 is 2.35 bits per heavy atom. The molecular formula is C11H12BrClN4. The maximum atomic E-state index is 6.04. The summed E-state index contributed by atoms with van der Waals surface area (Å²) in [5.41, 5.74) is 0.